The molecule has 0 fully saturated rings. The van der Waals surface area contributed by atoms with Gasteiger partial charge in [-0.1, -0.05) is 13.8 Å². The van der Waals surface area contributed by atoms with Crippen molar-refractivity contribution >= 4 is 11.8 Å². The Morgan fingerprint density at radius 1 is 1.04 bits per heavy atom. The number of hydrogen-bond donors (Lipinski definition) is 2. The number of nitrogens with zero attached hydrogens (tertiary/aromatic N) is 2. The van der Waals surface area contributed by atoms with Gasteiger partial charge in [0.05, 0.1) is 0 Å². The van der Waals surface area contributed by atoms with Gasteiger partial charge in [0.1, 0.15) is 5.69 Å². The summed E-state index contributed by atoms with van der Waals surface area (Å²) >= 11 is 0. The van der Waals surface area contributed by atoms with Gasteiger partial charge in [-0.25, -0.2) is 0 Å². The summed E-state index contributed by atoms with van der Waals surface area (Å²) in [6.45, 7) is 5.19. The van der Waals surface area contributed by atoms with Crippen LogP contribution in [0.1, 0.15) is 46.7 Å². The maximum Gasteiger partial charge on any atom is 0.269 e. The van der Waals surface area contributed by atoms with Crippen molar-refractivity contribution in [2.75, 3.05) is 6.54 Å². The van der Waals surface area contributed by atoms with Crippen LogP contribution in [0.25, 0.3) is 0 Å². The van der Waals surface area contributed by atoms with Gasteiger partial charge in [-0.05, 0) is 42.2 Å². The van der Waals surface area contributed by atoms with Crippen molar-refractivity contribution in [2.45, 2.75) is 26.8 Å². The number of carbonyl (C=O) groups is 2. The van der Waals surface area contributed by atoms with E-state index in [-0.39, 0.29) is 17.5 Å². The van der Waals surface area contributed by atoms with Crippen LogP contribution in [0.3, 0.4) is 0 Å². The second-order valence-corrected chi connectivity index (χ2v) is 5.91. The van der Waals surface area contributed by atoms with Crippen LogP contribution in [-0.2, 0) is 6.54 Å². The Bertz CT molecular complexity index is 686. The summed E-state index contributed by atoms with van der Waals surface area (Å²) < 4.78 is 0. The minimum Gasteiger partial charge on any atom is -0.351 e. The lowest BCUT2D eigenvalue weighted by atomic mass is 10.1. The van der Waals surface area contributed by atoms with Gasteiger partial charge in [-0.2, -0.15) is 0 Å². The van der Waals surface area contributed by atoms with Crippen molar-refractivity contribution in [3.05, 3.63) is 59.7 Å². The van der Waals surface area contributed by atoms with E-state index in [0.717, 1.165) is 12.0 Å². The van der Waals surface area contributed by atoms with Gasteiger partial charge in [0.25, 0.3) is 11.8 Å². The molecule has 0 bridgehead atoms. The Labute approximate surface area is 141 Å². The van der Waals surface area contributed by atoms with Gasteiger partial charge in [0.2, 0.25) is 0 Å². The Balaban J connectivity index is 1.93. The first-order valence-corrected chi connectivity index (χ1v) is 7.97. The van der Waals surface area contributed by atoms with E-state index in [1.807, 2.05) is 12.1 Å². The molecule has 0 aromatic carbocycles. The molecule has 0 unspecified atom stereocenters. The van der Waals surface area contributed by atoms with Crippen LogP contribution in [0, 0.1) is 5.92 Å². The quantitative estimate of drug-likeness (QED) is 0.817. The van der Waals surface area contributed by atoms with Crippen molar-refractivity contribution in [1.29, 1.82) is 0 Å². The molecule has 2 rings (SSSR count). The zero-order valence-corrected chi connectivity index (χ0v) is 14.0. The number of amides is 2. The average Bonchev–Trinajstić information content (AvgIpc) is 2.60. The van der Waals surface area contributed by atoms with E-state index in [1.54, 1.807) is 18.5 Å². The SMILES string of the molecule is CC(C)CCNC(=O)c1cc(C(=O)NCc2ccncc2)ccn1. The third-order valence-corrected chi connectivity index (χ3v) is 3.46. The summed E-state index contributed by atoms with van der Waals surface area (Å²) in [4.78, 5) is 32.2. The van der Waals surface area contributed by atoms with Crippen LogP contribution in [0.4, 0.5) is 0 Å². The van der Waals surface area contributed by atoms with Crippen LogP contribution in [0.15, 0.2) is 42.9 Å². The number of carbonyl (C=O) groups excluding carboxylic acids is 2. The second-order valence-electron chi connectivity index (χ2n) is 5.91. The van der Waals surface area contributed by atoms with Crippen molar-refractivity contribution in [2.24, 2.45) is 5.92 Å². The van der Waals surface area contributed by atoms with E-state index in [2.05, 4.69) is 34.4 Å². The molecular formula is C18H22N4O2. The molecular weight excluding hydrogens is 304 g/mol. The number of pyridine rings is 2. The average molecular weight is 326 g/mol. The van der Waals surface area contributed by atoms with E-state index in [9.17, 15) is 9.59 Å². The second kappa shape index (κ2) is 8.76. The Kier molecular flexibility index (Phi) is 6.42. The van der Waals surface area contributed by atoms with Crippen LogP contribution >= 0.6 is 0 Å². The predicted molar refractivity (Wildman–Crippen MR) is 91.4 cm³/mol. The predicted octanol–water partition coefficient (Wildman–Crippen LogP) is 2.18. The van der Waals surface area contributed by atoms with Crippen LogP contribution < -0.4 is 10.6 Å². The Hall–Kier alpha value is -2.76. The molecule has 0 aliphatic carbocycles. The van der Waals surface area contributed by atoms with E-state index < -0.39 is 0 Å². The molecule has 2 N–H and O–H groups in total. The molecule has 0 atom stereocenters. The topological polar surface area (TPSA) is 84.0 Å². The maximum atomic E-state index is 12.2. The molecule has 2 heterocycles. The lowest BCUT2D eigenvalue weighted by Crippen LogP contribution is -2.27. The first-order chi connectivity index (χ1) is 11.6. The zero-order chi connectivity index (χ0) is 17.4. The highest BCUT2D eigenvalue weighted by molar-refractivity contribution is 5.98. The molecule has 2 amide bonds. The molecule has 0 radical (unpaired) electrons. The molecule has 24 heavy (non-hydrogen) atoms. The Morgan fingerprint density at radius 2 is 1.79 bits per heavy atom. The Morgan fingerprint density at radius 3 is 2.50 bits per heavy atom. The van der Waals surface area contributed by atoms with Gasteiger partial charge in [0, 0.05) is 37.2 Å². The summed E-state index contributed by atoms with van der Waals surface area (Å²) in [5.74, 6) is 0.00781. The standard InChI is InChI=1S/C18H22N4O2/c1-13(2)3-9-21-18(24)16-11-15(6-10-20-16)17(23)22-12-14-4-7-19-8-5-14/h4-8,10-11,13H,3,9,12H2,1-2H3,(H,21,24)(H,22,23). The summed E-state index contributed by atoms with van der Waals surface area (Å²) in [5, 5.41) is 5.63. The largest absolute Gasteiger partial charge is 0.351 e. The first kappa shape index (κ1) is 17.6. The van der Waals surface area contributed by atoms with Crippen LogP contribution in [0.2, 0.25) is 0 Å². The monoisotopic (exact) mass is 326 g/mol. The highest BCUT2D eigenvalue weighted by atomic mass is 16.2. The number of aromatic nitrogens is 2. The fourth-order valence-corrected chi connectivity index (χ4v) is 2.05. The molecule has 0 saturated carbocycles. The van der Waals surface area contributed by atoms with Gasteiger partial charge in [-0.15, -0.1) is 0 Å². The van der Waals surface area contributed by atoms with Crippen LogP contribution in [-0.4, -0.2) is 28.3 Å². The van der Waals surface area contributed by atoms with Gasteiger partial charge >= 0.3 is 0 Å². The first-order valence-electron chi connectivity index (χ1n) is 7.97. The summed E-state index contributed by atoms with van der Waals surface area (Å²) in [5.41, 5.74) is 1.61. The molecule has 6 nitrogen and oxygen atoms in total. The smallest absolute Gasteiger partial charge is 0.269 e. The lowest BCUT2D eigenvalue weighted by molar-refractivity contribution is 0.0947. The van der Waals surface area contributed by atoms with Gasteiger partial charge in [0.15, 0.2) is 0 Å². The third-order valence-electron chi connectivity index (χ3n) is 3.46. The number of hydrogen-bond acceptors (Lipinski definition) is 4. The van der Waals surface area contributed by atoms with Crippen molar-refractivity contribution in [1.82, 2.24) is 20.6 Å². The fourth-order valence-electron chi connectivity index (χ4n) is 2.05. The highest BCUT2D eigenvalue weighted by Crippen LogP contribution is 2.04. The van der Waals surface area contributed by atoms with Crippen molar-refractivity contribution < 1.29 is 9.59 Å². The highest BCUT2D eigenvalue weighted by Gasteiger charge is 2.11. The minimum atomic E-state index is -0.264. The number of rotatable bonds is 7. The summed E-state index contributed by atoms with van der Waals surface area (Å²) in [6, 6.07) is 6.76. The third kappa shape index (κ3) is 5.46. The van der Waals surface area contributed by atoms with E-state index in [0.29, 0.717) is 24.6 Å². The molecule has 126 valence electrons. The summed E-state index contributed by atoms with van der Waals surface area (Å²) in [7, 11) is 0. The normalized spacial score (nSPS) is 10.5. The van der Waals surface area contributed by atoms with Crippen molar-refractivity contribution in [3.63, 3.8) is 0 Å². The molecule has 2 aromatic rings. The van der Waals surface area contributed by atoms with E-state index >= 15 is 0 Å². The molecule has 6 heteroatoms. The molecule has 2 aromatic heterocycles. The van der Waals surface area contributed by atoms with E-state index in [4.69, 9.17) is 0 Å². The minimum absolute atomic E-state index is 0.245. The van der Waals surface area contributed by atoms with Crippen molar-refractivity contribution in [3.8, 4) is 0 Å². The van der Waals surface area contributed by atoms with Gasteiger partial charge < -0.3 is 10.6 Å². The van der Waals surface area contributed by atoms with Crippen LogP contribution in [0.5, 0.6) is 0 Å². The maximum absolute atomic E-state index is 12.2. The lowest BCUT2D eigenvalue weighted by Gasteiger charge is -2.08. The molecule has 0 saturated heterocycles. The fraction of sp³-hybridized carbons (Fsp3) is 0.333. The zero-order valence-electron chi connectivity index (χ0n) is 14.0. The molecule has 0 aliphatic heterocycles. The van der Waals surface area contributed by atoms with E-state index in [1.165, 1.54) is 12.3 Å². The molecule has 0 aliphatic rings. The molecule has 0 spiro atoms. The number of nitrogens with one attached hydrogen (secondary N) is 2. The van der Waals surface area contributed by atoms with Gasteiger partial charge in [-0.3, -0.25) is 19.6 Å². The summed E-state index contributed by atoms with van der Waals surface area (Å²) in [6.07, 6.45) is 5.72.